The van der Waals surface area contributed by atoms with Gasteiger partial charge in [-0.1, -0.05) is 24.3 Å². The molecule has 3 rings (SSSR count). The Hall–Kier alpha value is -3.15. The summed E-state index contributed by atoms with van der Waals surface area (Å²) in [6.45, 7) is 2.06. The largest absolute Gasteiger partial charge is 0.496 e. The van der Waals surface area contributed by atoms with Crippen LogP contribution in [0.25, 0.3) is 5.69 Å². The fourth-order valence-corrected chi connectivity index (χ4v) is 2.50. The van der Waals surface area contributed by atoms with Gasteiger partial charge >= 0.3 is 0 Å². The van der Waals surface area contributed by atoms with Crippen molar-refractivity contribution in [2.45, 2.75) is 13.5 Å². The normalized spacial score (nSPS) is 10.5. The quantitative estimate of drug-likeness (QED) is 0.775. The van der Waals surface area contributed by atoms with E-state index in [0.717, 1.165) is 11.3 Å². The minimum absolute atomic E-state index is 0.189. The lowest BCUT2D eigenvalue weighted by atomic mass is 10.2. The van der Waals surface area contributed by atoms with E-state index in [4.69, 9.17) is 4.74 Å². The van der Waals surface area contributed by atoms with E-state index in [2.05, 4.69) is 10.3 Å². The first kappa shape index (κ1) is 16.7. The van der Waals surface area contributed by atoms with E-state index in [1.54, 1.807) is 26.2 Å². The predicted octanol–water partition coefficient (Wildman–Crippen LogP) is 3.30. The van der Waals surface area contributed by atoms with Gasteiger partial charge in [0.2, 0.25) is 0 Å². The van der Waals surface area contributed by atoms with Crippen molar-refractivity contribution in [1.29, 1.82) is 0 Å². The molecule has 0 spiro atoms. The minimum Gasteiger partial charge on any atom is -0.496 e. The molecule has 3 aromatic rings. The van der Waals surface area contributed by atoms with Gasteiger partial charge in [-0.05, 0) is 30.7 Å². The molecule has 0 fully saturated rings. The second-order valence-electron chi connectivity index (χ2n) is 5.55. The Morgan fingerprint density at radius 3 is 2.80 bits per heavy atom. The molecule has 1 N–H and O–H groups in total. The topological polar surface area (TPSA) is 56.1 Å². The first-order valence-corrected chi connectivity index (χ1v) is 7.80. The van der Waals surface area contributed by atoms with Crippen LogP contribution >= 0.6 is 0 Å². The van der Waals surface area contributed by atoms with Crippen LogP contribution in [0.3, 0.4) is 0 Å². The third-order valence-electron chi connectivity index (χ3n) is 3.91. The SMILES string of the molecule is COc1ccccc1CNc1nccn(-c2ccc(C)c(F)c2)c1=O. The van der Waals surface area contributed by atoms with Crippen LogP contribution in [0.15, 0.2) is 59.7 Å². The number of hydrogen-bond acceptors (Lipinski definition) is 4. The number of hydrogen-bond donors (Lipinski definition) is 1. The first-order chi connectivity index (χ1) is 12.1. The zero-order valence-electron chi connectivity index (χ0n) is 14.0. The highest BCUT2D eigenvalue weighted by Crippen LogP contribution is 2.18. The zero-order valence-corrected chi connectivity index (χ0v) is 14.0. The molecule has 0 atom stereocenters. The molecule has 0 saturated carbocycles. The molecule has 0 unspecified atom stereocenters. The Kier molecular flexibility index (Phi) is 4.79. The maximum Gasteiger partial charge on any atom is 0.297 e. The number of anilines is 1. The number of methoxy groups -OCH3 is 1. The van der Waals surface area contributed by atoms with Gasteiger partial charge < -0.3 is 10.1 Å². The summed E-state index contributed by atoms with van der Waals surface area (Å²) in [5.41, 5.74) is 1.54. The van der Waals surface area contributed by atoms with E-state index in [-0.39, 0.29) is 17.2 Å². The monoisotopic (exact) mass is 339 g/mol. The summed E-state index contributed by atoms with van der Waals surface area (Å²) in [7, 11) is 1.60. The molecule has 1 heterocycles. The maximum absolute atomic E-state index is 13.8. The summed E-state index contributed by atoms with van der Waals surface area (Å²) in [6, 6.07) is 12.2. The van der Waals surface area contributed by atoms with Crippen LogP contribution in [0.5, 0.6) is 5.75 Å². The highest BCUT2D eigenvalue weighted by Gasteiger charge is 2.09. The molecule has 1 aromatic heterocycles. The average Bonchev–Trinajstić information content (AvgIpc) is 2.63. The molecule has 6 heteroatoms. The molecule has 0 amide bonds. The van der Waals surface area contributed by atoms with Gasteiger partial charge in [-0.15, -0.1) is 0 Å². The molecule has 25 heavy (non-hydrogen) atoms. The van der Waals surface area contributed by atoms with Crippen LogP contribution in [0.1, 0.15) is 11.1 Å². The summed E-state index contributed by atoms with van der Waals surface area (Å²) in [4.78, 5) is 16.7. The van der Waals surface area contributed by atoms with Crippen LogP contribution in [0.4, 0.5) is 10.2 Å². The fraction of sp³-hybridized carbons (Fsp3) is 0.158. The van der Waals surface area contributed by atoms with Crippen LogP contribution in [0, 0.1) is 12.7 Å². The number of aryl methyl sites for hydroxylation is 1. The number of benzene rings is 2. The van der Waals surface area contributed by atoms with Crippen molar-refractivity contribution in [3.8, 4) is 11.4 Å². The lowest BCUT2D eigenvalue weighted by Gasteiger charge is -2.11. The molecule has 0 aliphatic heterocycles. The van der Waals surface area contributed by atoms with Gasteiger partial charge in [0.05, 0.1) is 12.8 Å². The van der Waals surface area contributed by atoms with Gasteiger partial charge in [0.1, 0.15) is 11.6 Å². The molecule has 0 saturated heterocycles. The van der Waals surface area contributed by atoms with Crippen LogP contribution in [-0.4, -0.2) is 16.7 Å². The lowest BCUT2D eigenvalue weighted by Crippen LogP contribution is -2.23. The smallest absolute Gasteiger partial charge is 0.297 e. The molecule has 0 aliphatic carbocycles. The number of aromatic nitrogens is 2. The molecule has 0 aliphatic rings. The molecule has 128 valence electrons. The Bertz CT molecular complexity index is 953. The van der Waals surface area contributed by atoms with Gasteiger partial charge in [-0.25, -0.2) is 9.37 Å². The summed E-state index contributed by atoms with van der Waals surface area (Å²) < 4.78 is 20.4. The lowest BCUT2D eigenvalue weighted by molar-refractivity contribution is 0.410. The van der Waals surface area contributed by atoms with Crippen molar-refractivity contribution < 1.29 is 9.13 Å². The van der Waals surface area contributed by atoms with E-state index in [0.29, 0.717) is 17.8 Å². The zero-order chi connectivity index (χ0) is 17.8. The van der Waals surface area contributed by atoms with Crippen LogP contribution < -0.4 is 15.6 Å². The fourth-order valence-electron chi connectivity index (χ4n) is 2.50. The average molecular weight is 339 g/mol. The second-order valence-corrected chi connectivity index (χ2v) is 5.55. The third kappa shape index (κ3) is 3.52. The molecule has 2 aromatic carbocycles. The van der Waals surface area contributed by atoms with Gasteiger partial charge in [0, 0.05) is 24.5 Å². The molecule has 0 bridgehead atoms. The maximum atomic E-state index is 13.8. The minimum atomic E-state index is -0.357. The Labute approximate surface area is 144 Å². The Balaban J connectivity index is 1.89. The number of nitrogens with one attached hydrogen (secondary N) is 1. The van der Waals surface area contributed by atoms with Crippen molar-refractivity contribution in [3.05, 3.63) is 82.2 Å². The number of para-hydroxylation sites is 1. The summed E-state index contributed by atoms with van der Waals surface area (Å²) in [5, 5.41) is 3.02. The van der Waals surface area contributed by atoms with Crippen molar-refractivity contribution >= 4 is 5.82 Å². The highest BCUT2D eigenvalue weighted by molar-refractivity contribution is 5.42. The summed E-state index contributed by atoms with van der Waals surface area (Å²) >= 11 is 0. The van der Waals surface area contributed by atoms with E-state index < -0.39 is 0 Å². The molecular formula is C19H18FN3O2. The third-order valence-corrected chi connectivity index (χ3v) is 3.91. The first-order valence-electron chi connectivity index (χ1n) is 7.80. The van der Waals surface area contributed by atoms with E-state index in [1.165, 1.54) is 23.0 Å². The second kappa shape index (κ2) is 7.17. The number of nitrogens with zero attached hydrogens (tertiary/aromatic N) is 2. The van der Waals surface area contributed by atoms with Crippen molar-refractivity contribution in [3.63, 3.8) is 0 Å². The Morgan fingerprint density at radius 1 is 1.24 bits per heavy atom. The highest BCUT2D eigenvalue weighted by atomic mass is 19.1. The standard InChI is InChI=1S/C19H18FN3O2/c1-13-7-8-15(11-16(13)20)23-10-9-21-18(19(23)24)22-12-14-5-3-4-6-17(14)25-2/h3-11H,12H2,1-2H3,(H,21,22). The van der Waals surface area contributed by atoms with Crippen molar-refractivity contribution in [2.75, 3.05) is 12.4 Å². The van der Waals surface area contributed by atoms with E-state index in [9.17, 15) is 9.18 Å². The van der Waals surface area contributed by atoms with E-state index in [1.807, 2.05) is 24.3 Å². The van der Waals surface area contributed by atoms with Gasteiger partial charge in [-0.3, -0.25) is 9.36 Å². The number of halogens is 1. The van der Waals surface area contributed by atoms with E-state index >= 15 is 0 Å². The van der Waals surface area contributed by atoms with Crippen molar-refractivity contribution in [1.82, 2.24) is 9.55 Å². The molecular weight excluding hydrogens is 321 g/mol. The molecule has 0 radical (unpaired) electrons. The van der Waals surface area contributed by atoms with Gasteiger partial charge in [0.15, 0.2) is 5.82 Å². The van der Waals surface area contributed by atoms with Crippen LogP contribution in [0.2, 0.25) is 0 Å². The number of ether oxygens (including phenoxy) is 1. The van der Waals surface area contributed by atoms with Gasteiger partial charge in [0.25, 0.3) is 5.56 Å². The van der Waals surface area contributed by atoms with Gasteiger partial charge in [-0.2, -0.15) is 0 Å². The summed E-state index contributed by atoms with van der Waals surface area (Å²) in [5.74, 6) is 0.561. The molecule has 5 nitrogen and oxygen atoms in total. The van der Waals surface area contributed by atoms with Crippen molar-refractivity contribution in [2.24, 2.45) is 0 Å². The Morgan fingerprint density at radius 2 is 2.04 bits per heavy atom. The van der Waals surface area contributed by atoms with Crippen LogP contribution in [-0.2, 0) is 6.54 Å². The summed E-state index contributed by atoms with van der Waals surface area (Å²) in [6.07, 6.45) is 3.02. The number of rotatable bonds is 5. The predicted molar refractivity (Wildman–Crippen MR) is 94.8 cm³/mol.